The molecule has 2 heteroatoms. The van der Waals surface area contributed by atoms with E-state index in [1.54, 1.807) is 0 Å². The van der Waals surface area contributed by atoms with E-state index in [4.69, 9.17) is 0 Å². The Morgan fingerprint density at radius 2 is 1.33 bits per heavy atom. The van der Waals surface area contributed by atoms with E-state index in [-0.39, 0.29) is 0 Å². The van der Waals surface area contributed by atoms with Crippen molar-refractivity contribution in [3.8, 4) is 0 Å². The SMILES string of the molecule is CCCCCCCCN(C(C)C(C)C)[Si](C)(C)C. The zero-order chi connectivity index (χ0) is 14.2. The molecular formula is C16H37NSi. The quantitative estimate of drug-likeness (QED) is 0.373. The molecule has 0 fully saturated rings. The van der Waals surface area contributed by atoms with Gasteiger partial charge in [0.2, 0.25) is 0 Å². The van der Waals surface area contributed by atoms with Crippen LogP contribution in [0.4, 0.5) is 0 Å². The fourth-order valence-corrected chi connectivity index (χ4v) is 4.92. The third-order valence-electron chi connectivity index (χ3n) is 4.07. The van der Waals surface area contributed by atoms with Crippen molar-refractivity contribution < 1.29 is 0 Å². The van der Waals surface area contributed by atoms with Crippen molar-refractivity contribution >= 4 is 8.24 Å². The van der Waals surface area contributed by atoms with Crippen molar-refractivity contribution in [2.45, 2.75) is 91.9 Å². The monoisotopic (exact) mass is 271 g/mol. The summed E-state index contributed by atoms with van der Waals surface area (Å²) in [6, 6.07) is 0.743. The summed E-state index contributed by atoms with van der Waals surface area (Å²) in [6.45, 7) is 18.2. The van der Waals surface area contributed by atoms with Gasteiger partial charge in [0.05, 0.1) is 0 Å². The highest BCUT2D eigenvalue weighted by Gasteiger charge is 2.28. The van der Waals surface area contributed by atoms with Gasteiger partial charge in [-0.2, -0.15) is 0 Å². The molecule has 1 unspecified atom stereocenters. The van der Waals surface area contributed by atoms with Crippen molar-refractivity contribution in [2.75, 3.05) is 6.54 Å². The van der Waals surface area contributed by atoms with Gasteiger partial charge in [0.1, 0.15) is 8.24 Å². The summed E-state index contributed by atoms with van der Waals surface area (Å²) in [5.74, 6) is 0.775. The highest BCUT2D eigenvalue weighted by Crippen LogP contribution is 2.20. The molecule has 0 aromatic rings. The van der Waals surface area contributed by atoms with Crippen LogP contribution in [0.1, 0.15) is 66.2 Å². The van der Waals surface area contributed by atoms with Crippen LogP contribution in [0.25, 0.3) is 0 Å². The summed E-state index contributed by atoms with van der Waals surface area (Å²) in [4.78, 5) is 0. The Morgan fingerprint density at radius 3 is 1.78 bits per heavy atom. The molecule has 0 rings (SSSR count). The van der Waals surface area contributed by atoms with Gasteiger partial charge in [-0.1, -0.05) is 72.5 Å². The molecular weight excluding hydrogens is 234 g/mol. The van der Waals surface area contributed by atoms with Gasteiger partial charge in [-0.3, -0.25) is 0 Å². The summed E-state index contributed by atoms with van der Waals surface area (Å²) in [5, 5.41) is 0. The van der Waals surface area contributed by atoms with E-state index in [1.807, 2.05) is 0 Å². The maximum Gasteiger partial charge on any atom is 0.119 e. The van der Waals surface area contributed by atoms with E-state index < -0.39 is 8.24 Å². The summed E-state index contributed by atoms with van der Waals surface area (Å²) in [7, 11) is -1.15. The van der Waals surface area contributed by atoms with Crippen LogP contribution in [0.15, 0.2) is 0 Å². The van der Waals surface area contributed by atoms with Gasteiger partial charge in [0, 0.05) is 6.04 Å². The molecule has 0 radical (unpaired) electrons. The van der Waals surface area contributed by atoms with E-state index in [0.29, 0.717) is 0 Å². The van der Waals surface area contributed by atoms with Gasteiger partial charge in [0.25, 0.3) is 0 Å². The van der Waals surface area contributed by atoms with Crippen LogP contribution in [0, 0.1) is 5.92 Å². The zero-order valence-corrected chi connectivity index (χ0v) is 15.1. The molecule has 0 heterocycles. The molecule has 1 nitrogen and oxygen atoms in total. The number of hydrogen-bond donors (Lipinski definition) is 0. The molecule has 0 saturated carbocycles. The van der Waals surface area contributed by atoms with Crippen LogP contribution in [-0.2, 0) is 0 Å². The van der Waals surface area contributed by atoms with Gasteiger partial charge >= 0.3 is 0 Å². The minimum Gasteiger partial charge on any atom is -0.321 e. The predicted octanol–water partition coefficient (Wildman–Crippen LogP) is 5.53. The molecule has 110 valence electrons. The minimum absolute atomic E-state index is 0.743. The number of unbranched alkanes of at least 4 members (excludes halogenated alkanes) is 5. The van der Waals surface area contributed by atoms with E-state index in [9.17, 15) is 0 Å². The number of rotatable bonds is 10. The summed E-state index contributed by atoms with van der Waals surface area (Å²) in [6.07, 6.45) is 8.45. The van der Waals surface area contributed by atoms with Gasteiger partial charge in [-0.25, -0.2) is 0 Å². The topological polar surface area (TPSA) is 3.24 Å². The first-order valence-electron chi connectivity index (χ1n) is 8.07. The maximum absolute atomic E-state index is 2.83. The highest BCUT2D eigenvalue weighted by molar-refractivity contribution is 6.73. The molecule has 0 aromatic carbocycles. The van der Waals surface area contributed by atoms with Crippen LogP contribution in [0.2, 0.25) is 19.6 Å². The van der Waals surface area contributed by atoms with Gasteiger partial charge in [0.15, 0.2) is 0 Å². The van der Waals surface area contributed by atoms with Gasteiger partial charge in [-0.15, -0.1) is 0 Å². The lowest BCUT2D eigenvalue weighted by atomic mass is 10.1. The van der Waals surface area contributed by atoms with Crippen LogP contribution < -0.4 is 0 Å². The van der Waals surface area contributed by atoms with Crippen LogP contribution >= 0.6 is 0 Å². The van der Waals surface area contributed by atoms with Crippen LogP contribution in [-0.4, -0.2) is 25.4 Å². The van der Waals surface area contributed by atoms with E-state index in [1.165, 1.54) is 45.1 Å². The molecule has 1 atom stereocenters. The first-order valence-corrected chi connectivity index (χ1v) is 11.5. The molecule has 0 N–H and O–H groups in total. The number of nitrogens with zero attached hydrogens (tertiary/aromatic N) is 1. The lowest BCUT2D eigenvalue weighted by molar-refractivity contribution is 0.264. The normalized spacial score (nSPS) is 14.5. The smallest absolute Gasteiger partial charge is 0.119 e. The average Bonchev–Trinajstić information content (AvgIpc) is 2.25. The van der Waals surface area contributed by atoms with Crippen molar-refractivity contribution in [1.82, 2.24) is 4.57 Å². The highest BCUT2D eigenvalue weighted by atomic mass is 28.3. The second-order valence-electron chi connectivity index (χ2n) is 7.12. The zero-order valence-electron chi connectivity index (χ0n) is 14.1. The average molecular weight is 272 g/mol. The lowest BCUT2D eigenvalue weighted by Gasteiger charge is -2.41. The third-order valence-corrected chi connectivity index (χ3v) is 6.42. The summed E-state index contributed by atoms with van der Waals surface area (Å²) >= 11 is 0. The summed E-state index contributed by atoms with van der Waals surface area (Å²) < 4.78 is 2.83. The second-order valence-corrected chi connectivity index (χ2v) is 12.0. The Kier molecular flexibility index (Phi) is 9.23. The third kappa shape index (κ3) is 7.58. The molecule has 0 aliphatic heterocycles. The molecule has 0 aliphatic carbocycles. The van der Waals surface area contributed by atoms with Crippen LogP contribution in [0.3, 0.4) is 0 Å². The standard InChI is InChI=1S/C16H37NSi/c1-8-9-10-11-12-13-14-17(18(5,6)7)16(4)15(2)3/h15-16H,8-14H2,1-7H3. The Bertz CT molecular complexity index is 196. The van der Waals surface area contributed by atoms with Crippen molar-refractivity contribution in [2.24, 2.45) is 5.92 Å². The van der Waals surface area contributed by atoms with Crippen molar-refractivity contribution in [3.05, 3.63) is 0 Å². The fourth-order valence-electron chi connectivity index (χ4n) is 2.57. The van der Waals surface area contributed by atoms with E-state index in [2.05, 4.69) is 51.9 Å². The molecule has 0 saturated heterocycles. The number of hydrogen-bond acceptors (Lipinski definition) is 1. The van der Waals surface area contributed by atoms with E-state index in [0.717, 1.165) is 12.0 Å². The predicted molar refractivity (Wildman–Crippen MR) is 87.7 cm³/mol. The first-order chi connectivity index (χ1) is 8.30. The second kappa shape index (κ2) is 9.14. The van der Waals surface area contributed by atoms with Crippen LogP contribution in [0.5, 0.6) is 0 Å². The molecule has 0 bridgehead atoms. The lowest BCUT2D eigenvalue weighted by Crippen LogP contribution is -2.53. The largest absolute Gasteiger partial charge is 0.321 e. The van der Waals surface area contributed by atoms with Crippen molar-refractivity contribution in [3.63, 3.8) is 0 Å². The molecule has 18 heavy (non-hydrogen) atoms. The molecule has 0 aliphatic rings. The maximum atomic E-state index is 2.83. The Balaban J connectivity index is 4.04. The van der Waals surface area contributed by atoms with Gasteiger partial charge in [-0.05, 0) is 25.8 Å². The fraction of sp³-hybridized carbons (Fsp3) is 1.00. The van der Waals surface area contributed by atoms with Gasteiger partial charge < -0.3 is 4.57 Å². The molecule has 0 aromatic heterocycles. The summed E-state index contributed by atoms with van der Waals surface area (Å²) in [5.41, 5.74) is 0. The first kappa shape index (κ1) is 18.2. The van der Waals surface area contributed by atoms with Crippen molar-refractivity contribution in [1.29, 1.82) is 0 Å². The Labute approximate surface area is 117 Å². The van der Waals surface area contributed by atoms with E-state index >= 15 is 0 Å². The minimum atomic E-state index is -1.15. The Hall–Kier alpha value is 0.177. The Morgan fingerprint density at radius 1 is 0.833 bits per heavy atom. The molecule has 0 amide bonds. The molecule has 0 spiro atoms.